The van der Waals surface area contributed by atoms with Crippen LogP contribution in [0.2, 0.25) is 5.02 Å². The molecule has 0 bridgehead atoms. The van der Waals surface area contributed by atoms with E-state index in [9.17, 15) is 9.59 Å². The summed E-state index contributed by atoms with van der Waals surface area (Å²) < 4.78 is 0. The molecule has 3 aromatic rings. The van der Waals surface area contributed by atoms with Crippen LogP contribution in [0.4, 0.5) is 11.8 Å². The second-order valence-electron chi connectivity index (χ2n) is 8.66. The molecule has 8 heteroatoms. The highest BCUT2D eigenvalue weighted by atomic mass is 35.5. The quantitative estimate of drug-likeness (QED) is 0.497. The molecule has 2 heterocycles. The van der Waals surface area contributed by atoms with Crippen molar-refractivity contribution in [3.63, 3.8) is 0 Å². The summed E-state index contributed by atoms with van der Waals surface area (Å²) >= 11 is 6.19. The summed E-state index contributed by atoms with van der Waals surface area (Å²) in [5.74, 6) is 1.41. The Bertz CT molecular complexity index is 1170. The third kappa shape index (κ3) is 4.28. The van der Waals surface area contributed by atoms with E-state index in [2.05, 4.69) is 34.1 Å². The number of aromatic nitrogens is 3. The number of fused-ring (bicyclic) bond motifs is 1. The van der Waals surface area contributed by atoms with E-state index in [1.165, 1.54) is 0 Å². The smallest absolute Gasteiger partial charge is 0.253 e. The topological polar surface area (TPSA) is 91.0 Å². The third-order valence-corrected chi connectivity index (χ3v) is 6.10. The van der Waals surface area contributed by atoms with Crippen molar-refractivity contribution in [2.24, 2.45) is 5.92 Å². The zero-order valence-electron chi connectivity index (χ0n) is 17.9. The molecule has 1 amide bonds. The molecule has 1 saturated carbocycles. The van der Waals surface area contributed by atoms with Gasteiger partial charge < -0.3 is 10.3 Å². The molecular weight excluding hydrogens is 414 g/mol. The van der Waals surface area contributed by atoms with E-state index in [-0.39, 0.29) is 17.1 Å². The molecule has 31 heavy (non-hydrogen) atoms. The highest BCUT2D eigenvalue weighted by Gasteiger charge is 2.49. The number of anilines is 2. The van der Waals surface area contributed by atoms with Crippen molar-refractivity contribution in [3.8, 4) is 0 Å². The van der Waals surface area contributed by atoms with Crippen LogP contribution in [0.25, 0.3) is 10.9 Å². The molecule has 1 aliphatic rings. The molecule has 0 unspecified atom stereocenters. The largest absolute Gasteiger partial charge is 0.347 e. The number of H-pyrrole nitrogens is 1. The number of nitrogens with one attached hydrogen (secondary N) is 2. The number of aromatic amines is 1. The molecule has 0 aliphatic heterocycles. The van der Waals surface area contributed by atoms with Crippen LogP contribution in [0.1, 0.15) is 51.6 Å². The molecule has 1 fully saturated rings. The molecule has 2 N–H and O–H groups in total. The van der Waals surface area contributed by atoms with Gasteiger partial charge in [-0.05, 0) is 50.3 Å². The van der Waals surface area contributed by atoms with E-state index in [4.69, 9.17) is 11.6 Å². The zero-order valence-corrected chi connectivity index (χ0v) is 18.6. The van der Waals surface area contributed by atoms with Gasteiger partial charge in [-0.1, -0.05) is 37.6 Å². The number of carbonyl (C=O) groups is 1. The lowest BCUT2D eigenvalue weighted by Gasteiger charge is -2.29. The Morgan fingerprint density at radius 3 is 2.74 bits per heavy atom. The van der Waals surface area contributed by atoms with Crippen LogP contribution < -0.4 is 15.8 Å². The van der Waals surface area contributed by atoms with E-state index in [1.807, 2.05) is 25.1 Å². The molecule has 4 rings (SSSR count). The molecule has 0 saturated heterocycles. The SMILES string of the molecule is CC(C)CC1(N(C=O)c2ccnc(N[C@@H](C)c3cc4cccc(Cl)c4[nH]c3=O)n2)CC1. The second kappa shape index (κ2) is 8.30. The summed E-state index contributed by atoms with van der Waals surface area (Å²) in [6.45, 7) is 6.19. The molecule has 7 nitrogen and oxygen atoms in total. The van der Waals surface area contributed by atoms with Crippen LogP contribution in [0.5, 0.6) is 0 Å². The van der Waals surface area contributed by atoms with Crippen LogP contribution in [-0.2, 0) is 4.79 Å². The third-order valence-electron chi connectivity index (χ3n) is 5.79. The van der Waals surface area contributed by atoms with Crippen LogP contribution in [-0.4, -0.2) is 26.9 Å². The predicted molar refractivity (Wildman–Crippen MR) is 124 cm³/mol. The van der Waals surface area contributed by atoms with Crippen molar-refractivity contribution in [3.05, 3.63) is 57.5 Å². The van der Waals surface area contributed by atoms with Crippen LogP contribution in [0, 0.1) is 5.92 Å². The molecule has 1 atom stereocenters. The van der Waals surface area contributed by atoms with Gasteiger partial charge in [0.25, 0.3) is 5.56 Å². The number of pyridine rings is 1. The van der Waals surface area contributed by atoms with E-state index in [1.54, 1.807) is 23.2 Å². The zero-order chi connectivity index (χ0) is 22.2. The summed E-state index contributed by atoms with van der Waals surface area (Å²) in [4.78, 5) is 38.0. The number of para-hydroxylation sites is 1. The van der Waals surface area contributed by atoms with Crippen LogP contribution >= 0.6 is 11.6 Å². The number of hydrogen-bond acceptors (Lipinski definition) is 5. The average Bonchev–Trinajstić information content (AvgIpc) is 3.48. The number of rotatable bonds is 8. The Morgan fingerprint density at radius 2 is 2.06 bits per heavy atom. The number of halogens is 1. The minimum Gasteiger partial charge on any atom is -0.347 e. The first-order valence-electron chi connectivity index (χ1n) is 10.5. The van der Waals surface area contributed by atoms with Crippen molar-refractivity contribution < 1.29 is 4.79 Å². The standard InChI is InChI=1S/C23H26ClN5O2/c1-14(2)12-23(8-9-23)29(13-30)19-7-10-25-22(27-19)26-15(3)17-11-16-5-4-6-18(24)20(16)28-21(17)31/h4-7,10-11,13-15H,8-9,12H2,1-3H3,(H,28,31)(H,25,26,27)/t15-/m0/s1. The highest BCUT2D eigenvalue weighted by Crippen LogP contribution is 2.47. The maximum Gasteiger partial charge on any atom is 0.253 e. The van der Waals surface area contributed by atoms with Gasteiger partial charge in [0.2, 0.25) is 12.4 Å². The molecule has 1 aliphatic carbocycles. The van der Waals surface area contributed by atoms with Gasteiger partial charge in [0.1, 0.15) is 5.82 Å². The number of nitrogens with zero attached hydrogens (tertiary/aromatic N) is 3. The minimum absolute atomic E-state index is 0.151. The normalized spacial score (nSPS) is 15.6. The van der Waals surface area contributed by atoms with Gasteiger partial charge in [-0.2, -0.15) is 4.98 Å². The Balaban J connectivity index is 1.59. The lowest BCUT2D eigenvalue weighted by atomic mass is 10.0. The van der Waals surface area contributed by atoms with Gasteiger partial charge >= 0.3 is 0 Å². The van der Waals surface area contributed by atoms with Gasteiger partial charge in [0.05, 0.1) is 16.6 Å². The van der Waals surface area contributed by atoms with Crippen LogP contribution in [0.15, 0.2) is 41.3 Å². The summed E-state index contributed by atoms with van der Waals surface area (Å²) in [6, 6.07) is 8.70. The maximum atomic E-state index is 12.6. The molecule has 2 aromatic heterocycles. The first-order chi connectivity index (χ1) is 14.8. The lowest BCUT2D eigenvalue weighted by molar-refractivity contribution is -0.108. The average molecular weight is 440 g/mol. The fraction of sp³-hybridized carbons (Fsp3) is 0.391. The number of amides is 1. The van der Waals surface area contributed by atoms with E-state index in [0.29, 0.717) is 33.8 Å². The second-order valence-corrected chi connectivity index (χ2v) is 9.07. The molecule has 0 spiro atoms. The number of hydrogen-bond donors (Lipinski definition) is 2. The van der Waals surface area contributed by atoms with Crippen molar-refractivity contribution >= 4 is 40.7 Å². The van der Waals surface area contributed by atoms with Gasteiger partial charge in [-0.25, -0.2) is 4.98 Å². The van der Waals surface area contributed by atoms with Crippen LogP contribution in [0.3, 0.4) is 0 Å². The Hall–Kier alpha value is -2.93. The summed E-state index contributed by atoms with van der Waals surface area (Å²) in [5, 5.41) is 4.54. The van der Waals surface area contributed by atoms with Crippen molar-refractivity contribution in [2.45, 2.75) is 51.6 Å². The molecule has 1 aromatic carbocycles. The Morgan fingerprint density at radius 1 is 1.29 bits per heavy atom. The highest BCUT2D eigenvalue weighted by molar-refractivity contribution is 6.35. The monoisotopic (exact) mass is 439 g/mol. The fourth-order valence-electron chi connectivity index (χ4n) is 4.21. The molecule has 162 valence electrons. The summed E-state index contributed by atoms with van der Waals surface area (Å²) in [5.41, 5.74) is 0.793. The molecular formula is C23H26ClN5O2. The first-order valence-corrected chi connectivity index (χ1v) is 10.9. The Labute approximate surface area is 185 Å². The maximum absolute atomic E-state index is 12.6. The van der Waals surface area contributed by atoms with E-state index < -0.39 is 0 Å². The lowest BCUT2D eigenvalue weighted by Crippen LogP contribution is -2.38. The van der Waals surface area contributed by atoms with Gasteiger partial charge in [-0.3, -0.25) is 14.5 Å². The van der Waals surface area contributed by atoms with Gasteiger partial charge in [0.15, 0.2) is 0 Å². The predicted octanol–water partition coefficient (Wildman–Crippen LogP) is 4.69. The van der Waals surface area contributed by atoms with E-state index in [0.717, 1.165) is 31.1 Å². The van der Waals surface area contributed by atoms with Crippen molar-refractivity contribution in [1.29, 1.82) is 0 Å². The summed E-state index contributed by atoms with van der Waals surface area (Å²) in [6.07, 6.45) is 5.38. The van der Waals surface area contributed by atoms with Gasteiger partial charge in [-0.15, -0.1) is 0 Å². The van der Waals surface area contributed by atoms with E-state index >= 15 is 0 Å². The number of benzene rings is 1. The number of carbonyl (C=O) groups excluding carboxylic acids is 1. The van der Waals surface area contributed by atoms with Gasteiger partial charge in [0, 0.05) is 22.7 Å². The minimum atomic E-state index is -0.349. The Kier molecular flexibility index (Phi) is 5.71. The fourth-order valence-corrected chi connectivity index (χ4v) is 4.44. The molecule has 0 radical (unpaired) electrons. The van der Waals surface area contributed by atoms with Crippen molar-refractivity contribution in [1.82, 2.24) is 15.0 Å². The first kappa shape index (κ1) is 21.3. The van der Waals surface area contributed by atoms with Crippen molar-refractivity contribution in [2.75, 3.05) is 10.2 Å². The summed E-state index contributed by atoms with van der Waals surface area (Å²) in [7, 11) is 0.